The third-order valence-electron chi connectivity index (χ3n) is 5.93. The van der Waals surface area contributed by atoms with Gasteiger partial charge in [-0.1, -0.05) is 12.1 Å². The van der Waals surface area contributed by atoms with E-state index in [-0.39, 0.29) is 55.4 Å². The molecule has 0 aromatic heterocycles. The van der Waals surface area contributed by atoms with Gasteiger partial charge in [0.25, 0.3) is 5.91 Å². The molecule has 4 rings (SSSR count). The second-order valence-electron chi connectivity index (χ2n) is 7.92. The number of rotatable bonds is 6. The number of carbonyl (C=O) groups is 3. The number of piperazine rings is 1. The Morgan fingerprint density at radius 1 is 1.03 bits per heavy atom. The number of carbonyl (C=O) groups excluding carboxylic acids is 3. The van der Waals surface area contributed by atoms with E-state index in [9.17, 15) is 27.2 Å². The predicted molar refractivity (Wildman–Crippen MR) is 120 cm³/mol. The van der Waals surface area contributed by atoms with Crippen LogP contribution in [-0.4, -0.2) is 74.2 Å². The fourth-order valence-electron chi connectivity index (χ4n) is 4.17. The molecular weight excluding hydrogens is 465 g/mol. The van der Waals surface area contributed by atoms with Gasteiger partial charge in [0, 0.05) is 26.2 Å². The Balaban J connectivity index is 1.42. The fourth-order valence-corrected chi connectivity index (χ4v) is 5.59. The molecule has 2 fully saturated rings. The maximum absolute atomic E-state index is 14.1. The van der Waals surface area contributed by atoms with E-state index in [2.05, 4.69) is 0 Å². The number of amides is 2. The minimum absolute atomic E-state index is 0.0480. The molecule has 9 nitrogen and oxygen atoms in total. The van der Waals surface area contributed by atoms with Crippen molar-refractivity contribution in [1.82, 2.24) is 9.21 Å². The summed E-state index contributed by atoms with van der Waals surface area (Å²) in [4.78, 5) is 39.9. The van der Waals surface area contributed by atoms with E-state index >= 15 is 0 Å². The number of anilines is 1. The highest BCUT2D eigenvalue weighted by molar-refractivity contribution is 7.89. The lowest BCUT2D eigenvalue weighted by molar-refractivity contribution is -0.123. The van der Waals surface area contributed by atoms with Gasteiger partial charge >= 0.3 is 5.97 Å². The van der Waals surface area contributed by atoms with Crippen molar-refractivity contribution < 1.29 is 31.9 Å². The summed E-state index contributed by atoms with van der Waals surface area (Å²) in [5.41, 5.74) is 0.182. The molecule has 180 valence electrons. The fraction of sp³-hybridized carbons (Fsp3) is 0.348. The average Bonchev–Trinajstić information content (AvgIpc) is 3.13. The Hall–Kier alpha value is -3.15. The normalized spacial score (nSPS) is 20.1. The van der Waals surface area contributed by atoms with Crippen molar-refractivity contribution in [3.63, 3.8) is 0 Å². The average molecular weight is 490 g/mol. The highest BCUT2D eigenvalue weighted by atomic mass is 32.2. The Morgan fingerprint density at radius 2 is 1.68 bits per heavy atom. The second-order valence-corrected chi connectivity index (χ2v) is 9.86. The second kappa shape index (κ2) is 9.61. The molecule has 0 bridgehead atoms. The zero-order chi connectivity index (χ0) is 24.5. The van der Waals surface area contributed by atoms with Crippen LogP contribution in [0.4, 0.5) is 10.1 Å². The number of benzene rings is 2. The van der Waals surface area contributed by atoms with Gasteiger partial charge in [0.1, 0.15) is 5.82 Å². The number of imide groups is 1. The van der Waals surface area contributed by atoms with Gasteiger partial charge in [-0.05, 0) is 43.3 Å². The lowest BCUT2D eigenvalue weighted by Gasteiger charge is -2.36. The van der Waals surface area contributed by atoms with Crippen molar-refractivity contribution in [1.29, 1.82) is 0 Å². The summed E-state index contributed by atoms with van der Waals surface area (Å²) >= 11 is 0. The molecule has 0 radical (unpaired) electrons. The van der Waals surface area contributed by atoms with E-state index in [1.54, 1.807) is 17.9 Å². The summed E-state index contributed by atoms with van der Waals surface area (Å²) in [5.74, 6) is -2.19. The Morgan fingerprint density at radius 3 is 2.29 bits per heavy atom. The van der Waals surface area contributed by atoms with Crippen LogP contribution in [-0.2, 0) is 24.3 Å². The van der Waals surface area contributed by atoms with E-state index in [4.69, 9.17) is 4.74 Å². The zero-order valence-corrected chi connectivity index (χ0v) is 19.3. The van der Waals surface area contributed by atoms with Crippen LogP contribution in [0.1, 0.15) is 23.7 Å². The summed E-state index contributed by atoms with van der Waals surface area (Å²) in [6, 6.07) is 10.4. The molecule has 2 saturated heterocycles. The minimum atomic E-state index is -3.80. The molecule has 2 heterocycles. The Labute approximate surface area is 196 Å². The third-order valence-corrected chi connectivity index (χ3v) is 7.85. The molecule has 2 aromatic rings. The van der Waals surface area contributed by atoms with Crippen molar-refractivity contribution in [3.8, 4) is 0 Å². The van der Waals surface area contributed by atoms with Crippen molar-refractivity contribution in [2.75, 3.05) is 37.7 Å². The van der Waals surface area contributed by atoms with E-state index in [0.717, 1.165) is 4.90 Å². The first-order valence-electron chi connectivity index (χ1n) is 10.9. The van der Waals surface area contributed by atoms with Crippen LogP contribution in [0.5, 0.6) is 0 Å². The van der Waals surface area contributed by atoms with Gasteiger partial charge in [-0.2, -0.15) is 4.31 Å². The van der Waals surface area contributed by atoms with E-state index in [1.165, 1.54) is 46.8 Å². The van der Waals surface area contributed by atoms with Crippen LogP contribution < -0.4 is 4.90 Å². The number of esters is 1. The van der Waals surface area contributed by atoms with Gasteiger partial charge in [-0.15, -0.1) is 0 Å². The number of ether oxygens (including phenoxy) is 1. The molecule has 2 amide bonds. The van der Waals surface area contributed by atoms with Crippen molar-refractivity contribution in [2.45, 2.75) is 24.3 Å². The molecule has 11 heteroatoms. The van der Waals surface area contributed by atoms with Crippen LogP contribution in [0.25, 0.3) is 0 Å². The molecule has 0 unspecified atom stereocenters. The number of halogens is 1. The first kappa shape index (κ1) is 24.0. The van der Waals surface area contributed by atoms with Crippen LogP contribution in [0.3, 0.4) is 0 Å². The Kier molecular flexibility index (Phi) is 6.78. The molecule has 2 aromatic carbocycles. The van der Waals surface area contributed by atoms with Crippen LogP contribution in [0, 0.1) is 5.82 Å². The molecule has 1 atom stereocenters. The quantitative estimate of drug-likeness (QED) is 0.449. The molecule has 34 heavy (non-hydrogen) atoms. The van der Waals surface area contributed by atoms with Gasteiger partial charge in [-0.3, -0.25) is 14.5 Å². The summed E-state index contributed by atoms with van der Waals surface area (Å²) in [5, 5.41) is 0. The molecular formula is C23H24FN3O6S. The number of sulfonamides is 1. The third kappa shape index (κ3) is 4.46. The Bertz CT molecular complexity index is 1210. The molecule has 2 aliphatic rings. The number of hydrogen-bond acceptors (Lipinski definition) is 7. The zero-order valence-electron chi connectivity index (χ0n) is 18.5. The van der Waals surface area contributed by atoms with Crippen molar-refractivity contribution >= 4 is 33.5 Å². The highest BCUT2D eigenvalue weighted by Gasteiger charge is 2.44. The molecule has 0 saturated carbocycles. The SMILES string of the molecule is CCOC(=O)c1ccc(S(=O)(=O)N2CCN([C@H]3CC(=O)N(c4ccccc4F)C3=O)CC2)cc1. The summed E-state index contributed by atoms with van der Waals surface area (Å²) in [6.45, 7) is 2.64. The number of hydrogen-bond donors (Lipinski definition) is 0. The number of nitrogens with zero attached hydrogens (tertiary/aromatic N) is 3. The monoisotopic (exact) mass is 489 g/mol. The van der Waals surface area contributed by atoms with E-state index in [0.29, 0.717) is 0 Å². The molecule has 0 N–H and O–H groups in total. The molecule has 0 spiro atoms. The molecule has 2 aliphatic heterocycles. The lowest BCUT2D eigenvalue weighted by Crippen LogP contribution is -2.53. The highest BCUT2D eigenvalue weighted by Crippen LogP contribution is 2.29. The maximum atomic E-state index is 14.1. The van der Waals surface area contributed by atoms with E-state index in [1.807, 2.05) is 0 Å². The van der Waals surface area contributed by atoms with Crippen molar-refractivity contribution in [3.05, 3.63) is 59.9 Å². The van der Waals surface area contributed by atoms with Crippen LogP contribution in [0.2, 0.25) is 0 Å². The first-order chi connectivity index (χ1) is 16.2. The maximum Gasteiger partial charge on any atom is 0.338 e. The van der Waals surface area contributed by atoms with Crippen LogP contribution in [0.15, 0.2) is 53.4 Å². The predicted octanol–water partition coefficient (Wildman–Crippen LogP) is 1.64. The van der Waals surface area contributed by atoms with Gasteiger partial charge in [0.05, 0.1) is 35.2 Å². The van der Waals surface area contributed by atoms with Gasteiger partial charge in [0.2, 0.25) is 15.9 Å². The number of para-hydroxylation sites is 1. The van der Waals surface area contributed by atoms with Crippen LogP contribution >= 0.6 is 0 Å². The van der Waals surface area contributed by atoms with E-state index < -0.39 is 39.7 Å². The van der Waals surface area contributed by atoms with Gasteiger partial charge < -0.3 is 4.74 Å². The van der Waals surface area contributed by atoms with Gasteiger partial charge in [-0.25, -0.2) is 22.5 Å². The van der Waals surface area contributed by atoms with Gasteiger partial charge in [0.15, 0.2) is 0 Å². The largest absolute Gasteiger partial charge is 0.462 e. The summed E-state index contributed by atoms with van der Waals surface area (Å²) in [6.07, 6.45) is -0.0881. The topological polar surface area (TPSA) is 104 Å². The smallest absolute Gasteiger partial charge is 0.338 e. The first-order valence-corrected chi connectivity index (χ1v) is 12.3. The van der Waals surface area contributed by atoms with Crippen molar-refractivity contribution in [2.24, 2.45) is 0 Å². The lowest BCUT2D eigenvalue weighted by atomic mass is 10.2. The standard InChI is InChI=1S/C23H24FN3O6S/c1-2-33-23(30)16-7-9-17(10-8-16)34(31,32)26-13-11-25(12-14-26)20-15-21(28)27(22(20)29)19-6-4-3-5-18(19)24/h3-10,20H,2,11-15H2,1H3/t20-/m0/s1. The summed E-state index contributed by atoms with van der Waals surface area (Å²) in [7, 11) is -3.80. The minimum Gasteiger partial charge on any atom is -0.462 e. The molecule has 0 aliphatic carbocycles. The summed E-state index contributed by atoms with van der Waals surface area (Å²) < 4.78 is 46.4.